The number of hydrogen-bond donors (Lipinski definition) is 3. The minimum atomic E-state index is -3.47. The summed E-state index contributed by atoms with van der Waals surface area (Å²) in [5.74, 6) is 0.588. The van der Waals surface area contributed by atoms with Crippen molar-refractivity contribution in [3.05, 3.63) is 17.5 Å². The van der Waals surface area contributed by atoms with Gasteiger partial charge in [0.15, 0.2) is 5.96 Å². The number of nitrogens with one attached hydrogen (secondary N) is 3. The van der Waals surface area contributed by atoms with Gasteiger partial charge in [0.05, 0.1) is 5.75 Å². The van der Waals surface area contributed by atoms with Crippen molar-refractivity contribution in [2.75, 3.05) is 32.1 Å². The summed E-state index contributed by atoms with van der Waals surface area (Å²) in [4.78, 5) is 4.03. The predicted octanol–water partition coefficient (Wildman–Crippen LogP) is 0.633. The van der Waals surface area contributed by atoms with E-state index in [1.165, 1.54) is 6.26 Å². The molecular formula is C13H25IN4O4S3. The van der Waals surface area contributed by atoms with Crippen LogP contribution >= 0.6 is 35.3 Å². The zero-order valence-corrected chi connectivity index (χ0v) is 19.1. The van der Waals surface area contributed by atoms with Gasteiger partial charge in [0.2, 0.25) is 10.0 Å². The Hall–Kier alpha value is -0.440. The molecule has 0 aromatic carbocycles. The van der Waals surface area contributed by atoms with E-state index in [-0.39, 0.29) is 46.5 Å². The van der Waals surface area contributed by atoms with E-state index in [1.807, 2.05) is 6.92 Å². The summed E-state index contributed by atoms with van der Waals surface area (Å²) in [6, 6.07) is 3.15. The average Bonchev–Trinajstić information content (AvgIpc) is 3.02. The SMILES string of the molecule is CN=C(NCCNS(=O)(=O)c1cccs1)NC(C)CCS(C)(=O)=O.I. The van der Waals surface area contributed by atoms with Gasteiger partial charge in [-0.05, 0) is 24.8 Å². The Morgan fingerprint density at radius 3 is 2.48 bits per heavy atom. The molecule has 0 amide bonds. The number of nitrogens with zero attached hydrogens (tertiary/aromatic N) is 1. The lowest BCUT2D eigenvalue weighted by molar-refractivity contribution is 0.578. The van der Waals surface area contributed by atoms with Crippen molar-refractivity contribution in [2.24, 2.45) is 4.99 Å². The maximum Gasteiger partial charge on any atom is 0.250 e. The number of halogens is 1. The first-order valence-corrected chi connectivity index (χ1v) is 11.7. The van der Waals surface area contributed by atoms with Crippen molar-refractivity contribution in [1.29, 1.82) is 0 Å². The van der Waals surface area contributed by atoms with E-state index in [2.05, 4.69) is 20.3 Å². The second kappa shape index (κ2) is 11.3. The number of hydrogen-bond acceptors (Lipinski definition) is 6. The van der Waals surface area contributed by atoms with Gasteiger partial charge in [-0.25, -0.2) is 21.6 Å². The first-order chi connectivity index (χ1) is 11.1. The summed E-state index contributed by atoms with van der Waals surface area (Å²) in [6.07, 6.45) is 1.66. The second-order valence-electron chi connectivity index (χ2n) is 5.29. The molecule has 0 aliphatic heterocycles. The van der Waals surface area contributed by atoms with Gasteiger partial charge in [0, 0.05) is 32.4 Å². The monoisotopic (exact) mass is 524 g/mol. The summed E-state index contributed by atoms with van der Waals surface area (Å²) < 4.78 is 49.0. The third kappa shape index (κ3) is 10.3. The average molecular weight is 524 g/mol. The maximum absolute atomic E-state index is 11.9. The molecule has 1 heterocycles. The van der Waals surface area contributed by atoms with Crippen molar-refractivity contribution in [3.8, 4) is 0 Å². The standard InChI is InChI=1S/C13H24N4O4S3.HI/c1-11(6-10-23(3,18)19)17-13(14-2)15-7-8-16-24(20,21)12-5-4-9-22-12;/h4-5,9,11,16H,6-8,10H2,1-3H3,(H2,14,15,17);1H. The van der Waals surface area contributed by atoms with Gasteiger partial charge in [0.25, 0.3) is 0 Å². The summed E-state index contributed by atoms with van der Waals surface area (Å²) in [7, 11) is -4.87. The highest BCUT2D eigenvalue weighted by Crippen LogP contribution is 2.14. The van der Waals surface area contributed by atoms with Crippen LogP contribution in [-0.2, 0) is 19.9 Å². The molecule has 146 valence electrons. The Kier molecular flexibility index (Phi) is 11.1. The van der Waals surface area contributed by atoms with Crippen molar-refractivity contribution in [3.63, 3.8) is 0 Å². The summed E-state index contributed by atoms with van der Waals surface area (Å²) in [5.41, 5.74) is 0. The van der Waals surface area contributed by atoms with E-state index in [4.69, 9.17) is 0 Å². The highest BCUT2D eigenvalue weighted by Gasteiger charge is 2.14. The van der Waals surface area contributed by atoms with Crippen molar-refractivity contribution in [2.45, 2.75) is 23.6 Å². The van der Waals surface area contributed by atoms with E-state index in [9.17, 15) is 16.8 Å². The number of thiophene rings is 1. The molecule has 12 heteroatoms. The van der Waals surface area contributed by atoms with Gasteiger partial charge >= 0.3 is 0 Å². The molecule has 0 saturated carbocycles. The van der Waals surface area contributed by atoms with Crippen LogP contribution in [0.3, 0.4) is 0 Å². The summed E-state index contributed by atoms with van der Waals surface area (Å²) in [6.45, 7) is 2.42. The van der Waals surface area contributed by atoms with Crippen LogP contribution in [0.2, 0.25) is 0 Å². The fraction of sp³-hybridized carbons (Fsp3) is 0.615. The maximum atomic E-state index is 11.9. The van der Waals surface area contributed by atoms with Gasteiger partial charge in [-0.1, -0.05) is 6.07 Å². The Bertz CT molecular complexity index is 733. The molecule has 0 saturated heterocycles. The highest BCUT2D eigenvalue weighted by atomic mass is 127. The Labute approximate surface area is 170 Å². The van der Waals surface area contributed by atoms with Crippen LogP contribution in [0.15, 0.2) is 26.7 Å². The Balaban J connectivity index is 0.00000576. The van der Waals surface area contributed by atoms with E-state index in [0.717, 1.165) is 11.3 Å². The molecule has 25 heavy (non-hydrogen) atoms. The molecule has 1 aromatic heterocycles. The number of sulfonamides is 1. The molecule has 1 atom stereocenters. The van der Waals surface area contributed by atoms with Crippen molar-refractivity contribution < 1.29 is 16.8 Å². The normalized spacial score (nSPS) is 13.8. The third-order valence-corrected chi connectivity index (χ3v) is 6.83. The van der Waals surface area contributed by atoms with Gasteiger partial charge in [0.1, 0.15) is 14.0 Å². The zero-order chi connectivity index (χ0) is 18.2. The number of rotatable bonds is 9. The van der Waals surface area contributed by atoms with Crippen LogP contribution in [0, 0.1) is 0 Å². The molecule has 0 spiro atoms. The first kappa shape index (κ1) is 24.6. The largest absolute Gasteiger partial charge is 0.355 e. The van der Waals surface area contributed by atoms with E-state index in [0.29, 0.717) is 18.9 Å². The Morgan fingerprint density at radius 1 is 1.28 bits per heavy atom. The van der Waals surface area contributed by atoms with Crippen LogP contribution in [-0.4, -0.2) is 61.0 Å². The lowest BCUT2D eigenvalue weighted by atomic mass is 10.3. The first-order valence-electron chi connectivity index (χ1n) is 7.32. The van der Waals surface area contributed by atoms with Gasteiger partial charge in [-0.3, -0.25) is 4.99 Å². The lowest BCUT2D eigenvalue weighted by Crippen LogP contribution is -2.45. The quantitative estimate of drug-likeness (QED) is 0.189. The molecule has 0 bridgehead atoms. The van der Waals surface area contributed by atoms with Crippen LogP contribution in [0.25, 0.3) is 0 Å². The fourth-order valence-electron chi connectivity index (χ4n) is 1.74. The molecule has 0 aliphatic rings. The van der Waals surface area contributed by atoms with Crippen LogP contribution in [0.5, 0.6) is 0 Å². The molecule has 3 N–H and O–H groups in total. The van der Waals surface area contributed by atoms with Crippen molar-refractivity contribution in [1.82, 2.24) is 15.4 Å². The summed E-state index contributed by atoms with van der Waals surface area (Å²) >= 11 is 1.16. The molecule has 0 aliphatic carbocycles. The van der Waals surface area contributed by atoms with E-state index >= 15 is 0 Å². The molecule has 1 rings (SSSR count). The molecule has 8 nitrogen and oxygen atoms in total. The number of sulfone groups is 1. The van der Waals surface area contributed by atoms with E-state index in [1.54, 1.807) is 24.6 Å². The minimum Gasteiger partial charge on any atom is -0.355 e. The van der Waals surface area contributed by atoms with Gasteiger partial charge in [-0.2, -0.15) is 0 Å². The third-order valence-electron chi connectivity index (χ3n) is 3.00. The topological polar surface area (TPSA) is 117 Å². The van der Waals surface area contributed by atoms with Crippen LogP contribution in [0.1, 0.15) is 13.3 Å². The molecule has 1 aromatic rings. The Morgan fingerprint density at radius 2 is 1.96 bits per heavy atom. The fourth-order valence-corrected chi connectivity index (χ4v) is 4.60. The van der Waals surface area contributed by atoms with E-state index < -0.39 is 19.9 Å². The molecule has 0 radical (unpaired) electrons. The molecule has 0 fully saturated rings. The van der Waals surface area contributed by atoms with Crippen LogP contribution in [0.4, 0.5) is 0 Å². The summed E-state index contributed by atoms with van der Waals surface area (Å²) in [5, 5.41) is 7.75. The lowest BCUT2D eigenvalue weighted by Gasteiger charge is -2.17. The van der Waals surface area contributed by atoms with Crippen LogP contribution < -0.4 is 15.4 Å². The molecular weight excluding hydrogens is 499 g/mol. The van der Waals surface area contributed by atoms with Crippen molar-refractivity contribution >= 4 is 61.1 Å². The predicted molar refractivity (Wildman–Crippen MR) is 113 cm³/mol. The minimum absolute atomic E-state index is 0. The smallest absolute Gasteiger partial charge is 0.250 e. The molecule has 1 unspecified atom stereocenters. The van der Waals surface area contributed by atoms with Gasteiger partial charge in [-0.15, -0.1) is 35.3 Å². The number of guanidine groups is 1. The second-order valence-corrected chi connectivity index (χ2v) is 10.5. The number of aliphatic imine (C=N–C) groups is 1. The highest BCUT2D eigenvalue weighted by molar-refractivity contribution is 14.0. The zero-order valence-electron chi connectivity index (χ0n) is 14.4. The van der Waals surface area contributed by atoms with Gasteiger partial charge < -0.3 is 10.6 Å².